The normalized spacial score (nSPS) is 12.6. The molecular weight excluding hydrogens is 314 g/mol. The molecule has 1 rings (SSSR count). The van der Waals surface area contributed by atoms with Gasteiger partial charge in [0.1, 0.15) is 4.90 Å². The van der Waals surface area contributed by atoms with Crippen molar-refractivity contribution in [3.8, 4) is 0 Å². The number of alkyl halides is 1. The van der Waals surface area contributed by atoms with E-state index in [2.05, 4.69) is 13.8 Å². The molecule has 1 aromatic rings. The van der Waals surface area contributed by atoms with E-state index in [1.807, 2.05) is 19.2 Å². The van der Waals surface area contributed by atoms with Crippen molar-refractivity contribution >= 4 is 33.0 Å². The molecule has 0 aliphatic rings. The van der Waals surface area contributed by atoms with Gasteiger partial charge in [-0.25, -0.2) is 8.42 Å². The largest absolute Gasteiger partial charge is 0.244 e. The van der Waals surface area contributed by atoms with Crippen molar-refractivity contribution in [3.63, 3.8) is 0 Å². The summed E-state index contributed by atoms with van der Waals surface area (Å²) in [6, 6.07) is 0. The Balaban J connectivity index is 3.15. The van der Waals surface area contributed by atoms with Gasteiger partial charge in [0.2, 0.25) is 10.0 Å². The first-order valence-corrected chi connectivity index (χ1v) is 9.90. The minimum atomic E-state index is -3.44. The smallest absolute Gasteiger partial charge is 0.207 e. The summed E-state index contributed by atoms with van der Waals surface area (Å²) in [6.07, 6.45) is 1.99. The molecule has 0 aliphatic carbocycles. The van der Waals surface area contributed by atoms with Crippen LogP contribution in [0, 0.1) is 12.8 Å². The third-order valence-electron chi connectivity index (χ3n) is 3.68. The fraction of sp³-hybridized carbons (Fsp3) is 0.714. The fourth-order valence-electron chi connectivity index (χ4n) is 2.29. The highest BCUT2D eigenvalue weighted by atomic mass is 35.5. The molecule has 0 aromatic carbocycles. The monoisotopic (exact) mass is 337 g/mol. The van der Waals surface area contributed by atoms with Crippen molar-refractivity contribution in [2.45, 2.75) is 51.3 Å². The maximum absolute atomic E-state index is 12.9. The van der Waals surface area contributed by atoms with Gasteiger partial charge in [0.25, 0.3) is 0 Å². The second kappa shape index (κ2) is 7.78. The van der Waals surface area contributed by atoms with Gasteiger partial charge in [-0.05, 0) is 23.8 Å². The molecule has 0 fully saturated rings. The van der Waals surface area contributed by atoms with Crippen LogP contribution in [0.3, 0.4) is 0 Å². The Morgan fingerprint density at radius 1 is 1.30 bits per heavy atom. The van der Waals surface area contributed by atoms with E-state index >= 15 is 0 Å². The molecule has 116 valence electrons. The summed E-state index contributed by atoms with van der Waals surface area (Å²) in [7, 11) is -3.44. The minimum Gasteiger partial charge on any atom is -0.207 e. The number of hydrogen-bond donors (Lipinski definition) is 0. The highest BCUT2D eigenvalue weighted by Gasteiger charge is 2.29. The first-order valence-electron chi connectivity index (χ1n) is 7.05. The maximum Gasteiger partial charge on any atom is 0.244 e. The van der Waals surface area contributed by atoms with Crippen LogP contribution in [0.15, 0.2) is 10.3 Å². The Kier molecular flexibility index (Phi) is 6.98. The molecule has 0 saturated carbocycles. The van der Waals surface area contributed by atoms with Crippen molar-refractivity contribution in [1.82, 2.24) is 4.31 Å². The van der Waals surface area contributed by atoms with E-state index in [4.69, 9.17) is 11.6 Å². The lowest BCUT2D eigenvalue weighted by atomic mass is 10.0. The highest BCUT2D eigenvalue weighted by Crippen LogP contribution is 2.31. The van der Waals surface area contributed by atoms with Gasteiger partial charge in [0.15, 0.2) is 0 Å². The first kappa shape index (κ1) is 18.0. The quantitative estimate of drug-likeness (QED) is 0.665. The summed E-state index contributed by atoms with van der Waals surface area (Å²) in [4.78, 5) is 1.16. The summed E-state index contributed by atoms with van der Waals surface area (Å²) in [5.41, 5.74) is 0.800. The zero-order valence-electron chi connectivity index (χ0n) is 12.6. The predicted molar refractivity (Wildman–Crippen MR) is 87.1 cm³/mol. The second-order valence-corrected chi connectivity index (χ2v) is 8.05. The van der Waals surface area contributed by atoms with Gasteiger partial charge in [-0.3, -0.25) is 0 Å². The fourth-order valence-corrected chi connectivity index (χ4v) is 5.82. The third-order valence-corrected chi connectivity index (χ3v) is 7.51. The number of sulfonamides is 1. The van der Waals surface area contributed by atoms with Crippen molar-refractivity contribution in [2.24, 2.45) is 5.92 Å². The number of nitrogens with zero attached hydrogens (tertiary/aromatic N) is 1. The number of rotatable bonds is 8. The Hall–Kier alpha value is -0.100. The van der Waals surface area contributed by atoms with Crippen LogP contribution in [0.2, 0.25) is 0 Å². The number of hydrogen-bond acceptors (Lipinski definition) is 3. The lowest BCUT2D eigenvalue weighted by molar-refractivity contribution is 0.339. The number of thiophene rings is 1. The molecule has 0 spiro atoms. The van der Waals surface area contributed by atoms with Crippen molar-refractivity contribution in [3.05, 3.63) is 15.8 Å². The molecule has 6 heteroatoms. The lowest BCUT2D eigenvalue weighted by Crippen LogP contribution is -2.35. The zero-order chi connectivity index (χ0) is 15.3. The average Bonchev–Trinajstić information content (AvgIpc) is 2.81. The molecule has 0 saturated heterocycles. The molecule has 0 radical (unpaired) electrons. The van der Waals surface area contributed by atoms with Crippen LogP contribution in [0.1, 0.15) is 44.1 Å². The molecule has 0 amide bonds. The molecular formula is C14H24ClNO2S2. The van der Waals surface area contributed by atoms with Gasteiger partial charge < -0.3 is 0 Å². The average molecular weight is 338 g/mol. The summed E-state index contributed by atoms with van der Waals surface area (Å²) in [6.45, 7) is 9.02. The van der Waals surface area contributed by atoms with Crippen molar-refractivity contribution < 1.29 is 8.42 Å². The van der Waals surface area contributed by atoms with Gasteiger partial charge in [-0.15, -0.1) is 22.9 Å². The van der Waals surface area contributed by atoms with Crippen LogP contribution in [-0.2, 0) is 15.9 Å². The second-order valence-electron chi connectivity index (χ2n) is 4.94. The van der Waals surface area contributed by atoms with Crippen LogP contribution in [0.25, 0.3) is 0 Å². The summed E-state index contributed by atoms with van der Waals surface area (Å²) in [5.74, 6) is 0.651. The molecule has 20 heavy (non-hydrogen) atoms. The Bertz CT molecular complexity index is 521. The number of aryl methyl sites for hydroxylation is 1. The van der Waals surface area contributed by atoms with Gasteiger partial charge in [-0.2, -0.15) is 4.31 Å². The van der Waals surface area contributed by atoms with Crippen molar-refractivity contribution in [1.29, 1.82) is 0 Å². The van der Waals surface area contributed by atoms with Crippen LogP contribution in [-0.4, -0.2) is 25.8 Å². The van der Waals surface area contributed by atoms with E-state index in [9.17, 15) is 8.42 Å². The van der Waals surface area contributed by atoms with Crippen LogP contribution >= 0.6 is 22.9 Å². The topological polar surface area (TPSA) is 37.4 Å². The van der Waals surface area contributed by atoms with Gasteiger partial charge in [-0.1, -0.05) is 33.6 Å². The molecule has 0 bridgehead atoms. The molecule has 0 aliphatic heterocycles. The van der Waals surface area contributed by atoms with E-state index in [1.165, 1.54) is 11.3 Å². The first-order chi connectivity index (χ1) is 9.42. The molecule has 0 unspecified atom stereocenters. The van der Waals surface area contributed by atoms with E-state index < -0.39 is 10.0 Å². The summed E-state index contributed by atoms with van der Waals surface area (Å²) < 4.78 is 27.3. The standard InChI is InChI=1S/C14H24ClNO2S2/c1-5-12(6-2)9-16(7-3)20(17,18)14-11(4)10-19-13(14)8-15/h10,12H,5-9H2,1-4H3. The highest BCUT2D eigenvalue weighted by molar-refractivity contribution is 7.89. The predicted octanol–water partition coefficient (Wildman–Crippen LogP) is 4.24. The van der Waals surface area contributed by atoms with Crippen LogP contribution in [0.5, 0.6) is 0 Å². The molecule has 1 heterocycles. The Labute approximate surface area is 132 Å². The Morgan fingerprint density at radius 3 is 2.35 bits per heavy atom. The van der Waals surface area contributed by atoms with E-state index in [1.54, 1.807) is 4.31 Å². The van der Waals surface area contributed by atoms with Crippen LogP contribution < -0.4 is 0 Å². The van der Waals surface area contributed by atoms with Gasteiger partial charge >= 0.3 is 0 Å². The SMILES string of the molecule is CCC(CC)CN(CC)S(=O)(=O)c1c(C)csc1CCl. The van der Waals surface area contributed by atoms with E-state index in [-0.39, 0.29) is 5.88 Å². The summed E-state index contributed by atoms with van der Waals surface area (Å²) in [5, 5.41) is 1.87. The molecule has 0 atom stereocenters. The van der Waals surface area contributed by atoms with E-state index in [0.29, 0.717) is 23.9 Å². The van der Waals surface area contributed by atoms with E-state index in [0.717, 1.165) is 23.3 Å². The zero-order valence-corrected chi connectivity index (χ0v) is 15.0. The third kappa shape index (κ3) is 3.75. The summed E-state index contributed by atoms with van der Waals surface area (Å²) >= 11 is 7.31. The van der Waals surface area contributed by atoms with Gasteiger partial charge in [0, 0.05) is 18.0 Å². The number of halogens is 1. The van der Waals surface area contributed by atoms with Crippen LogP contribution in [0.4, 0.5) is 0 Å². The lowest BCUT2D eigenvalue weighted by Gasteiger charge is -2.25. The minimum absolute atomic E-state index is 0.246. The van der Waals surface area contributed by atoms with Crippen molar-refractivity contribution in [2.75, 3.05) is 13.1 Å². The Morgan fingerprint density at radius 2 is 1.90 bits per heavy atom. The van der Waals surface area contributed by atoms with Gasteiger partial charge in [0.05, 0.1) is 5.88 Å². The molecule has 0 N–H and O–H groups in total. The maximum atomic E-state index is 12.9. The molecule has 1 aromatic heterocycles. The molecule has 3 nitrogen and oxygen atoms in total.